The fraction of sp³-hybridized carbons (Fsp3) is 0.200. The van der Waals surface area contributed by atoms with Crippen molar-refractivity contribution < 1.29 is 9.47 Å². The lowest BCUT2D eigenvalue weighted by atomic mass is 10.2. The fourth-order valence-corrected chi connectivity index (χ4v) is 3.24. The molecule has 0 aliphatic heterocycles. The van der Waals surface area contributed by atoms with Crippen molar-refractivity contribution in [2.75, 3.05) is 14.2 Å². The maximum atomic E-state index is 5.37. The van der Waals surface area contributed by atoms with E-state index in [1.807, 2.05) is 0 Å². The Bertz CT molecular complexity index is 464. The van der Waals surface area contributed by atoms with Crippen LogP contribution in [-0.4, -0.2) is 14.2 Å². The maximum Gasteiger partial charge on any atom is 0.174 e. The van der Waals surface area contributed by atoms with Crippen molar-refractivity contribution in [3.8, 4) is 11.5 Å². The van der Waals surface area contributed by atoms with Crippen LogP contribution in [0.25, 0.3) is 10.1 Å². The minimum atomic E-state index is 0.819. The second-order valence-electron chi connectivity index (χ2n) is 2.76. The number of rotatable bonds is 2. The van der Waals surface area contributed by atoms with Gasteiger partial charge in [-0.05, 0) is 40.1 Å². The summed E-state index contributed by atoms with van der Waals surface area (Å²) in [5.74, 6) is 1.65. The zero-order chi connectivity index (χ0) is 10.1. The van der Waals surface area contributed by atoms with Crippen LogP contribution in [0.2, 0.25) is 0 Å². The molecule has 0 bridgehead atoms. The lowest BCUT2D eigenvalue weighted by molar-refractivity contribution is 0.356. The monoisotopic (exact) mass is 320 g/mol. The van der Waals surface area contributed by atoms with Crippen molar-refractivity contribution in [3.63, 3.8) is 0 Å². The van der Waals surface area contributed by atoms with E-state index >= 15 is 0 Å². The van der Waals surface area contributed by atoms with E-state index in [0.29, 0.717) is 0 Å². The molecule has 0 saturated carbocycles. The number of fused-ring (bicyclic) bond motifs is 1. The first kappa shape index (κ1) is 10.0. The van der Waals surface area contributed by atoms with Gasteiger partial charge < -0.3 is 9.47 Å². The number of benzene rings is 1. The van der Waals surface area contributed by atoms with Gasteiger partial charge in [0.1, 0.15) is 0 Å². The molecule has 0 atom stereocenters. The van der Waals surface area contributed by atoms with Crippen LogP contribution >= 0.6 is 33.9 Å². The molecule has 0 spiro atoms. The number of ether oxygens (including phenoxy) is 2. The molecule has 0 saturated heterocycles. The number of hydrogen-bond acceptors (Lipinski definition) is 3. The van der Waals surface area contributed by atoms with Crippen molar-refractivity contribution in [3.05, 3.63) is 21.1 Å². The van der Waals surface area contributed by atoms with Crippen LogP contribution in [0, 0.1) is 3.57 Å². The highest BCUT2D eigenvalue weighted by atomic mass is 127. The van der Waals surface area contributed by atoms with Gasteiger partial charge >= 0.3 is 0 Å². The van der Waals surface area contributed by atoms with Crippen molar-refractivity contribution in [1.82, 2.24) is 0 Å². The summed E-state index contributed by atoms with van der Waals surface area (Å²) in [6.07, 6.45) is 0. The van der Waals surface area contributed by atoms with Crippen molar-refractivity contribution in [2.45, 2.75) is 0 Å². The Balaban J connectivity index is 2.82. The van der Waals surface area contributed by atoms with Gasteiger partial charge in [0.05, 0.1) is 17.8 Å². The van der Waals surface area contributed by atoms with Crippen molar-refractivity contribution in [1.29, 1.82) is 0 Å². The van der Waals surface area contributed by atoms with E-state index in [1.165, 1.54) is 4.70 Å². The average Bonchev–Trinajstić information content (AvgIpc) is 2.62. The largest absolute Gasteiger partial charge is 0.492 e. The first-order valence-electron chi connectivity index (χ1n) is 4.05. The third kappa shape index (κ3) is 1.46. The Morgan fingerprint density at radius 3 is 2.57 bits per heavy atom. The summed E-state index contributed by atoms with van der Waals surface area (Å²) in [6, 6.07) is 4.17. The van der Waals surface area contributed by atoms with Crippen LogP contribution in [0.4, 0.5) is 0 Å². The molecule has 1 aromatic carbocycles. The van der Waals surface area contributed by atoms with E-state index < -0.39 is 0 Å². The summed E-state index contributed by atoms with van der Waals surface area (Å²) in [5, 5.41) is 3.18. The molecule has 74 valence electrons. The van der Waals surface area contributed by atoms with Crippen LogP contribution in [0.15, 0.2) is 17.5 Å². The van der Waals surface area contributed by atoms with Crippen molar-refractivity contribution in [2.24, 2.45) is 0 Å². The lowest BCUT2D eigenvalue weighted by Crippen LogP contribution is -1.93. The molecular weight excluding hydrogens is 311 g/mol. The van der Waals surface area contributed by atoms with Gasteiger partial charge in [0.15, 0.2) is 11.5 Å². The van der Waals surface area contributed by atoms with E-state index in [0.717, 1.165) is 20.5 Å². The Hall–Kier alpha value is -0.490. The predicted molar refractivity (Wildman–Crippen MR) is 67.6 cm³/mol. The summed E-state index contributed by atoms with van der Waals surface area (Å²) in [5.41, 5.74) is 0. The zero-order valence-electron chi connectivity index (χ0n) is 7.83. The Morgan fingerprint density at radius 2 is 1.93 bits per heavy atom. The van der Waals surface area contributed by atoms with Crippen LogP contribution in [0.3, 0.4) is 0 Å². The summed E-state index contributed by atoms with van der Waals surface area (Å²) in [7, 11) is 3.34. The van der Waals surface area contributed by atoms with Gasteiger partial charge in [0.2, 0.25) is 0 Å². The van der Waals surface area contributed by atoms with Gasteiger partial charge in [0, 0.05) is 10.1 Å². The lowest BCUT2D eigenvalue weighted by Gasteiger charge is -2.10. The number of methoxy groups -OCH3 is 2. The summed E-state index contributed by atoms with van der Waals surface area (Å²) in [4.78, 5) is 0. The second kappa shape index (κ2) is 3.94. The molecule has 0 amide bonds. The van der Waals surface area contributed by atoms with E-state index in [2.05, 4.69) is 40.1 Å². The molecular formula is C10H9IO2S. The summed E-state index contributed by atoms with van der Waals surface area (Å²) < 4.78 is 13.0. The Kier molecular flexibility index (Phi) is 2.83. The van der Waals surface area contributed by atoms with Crippen LogP contribution in [0.5, 0.6) is 11.5 Å². The quantitative estimate of drug-likeness (QED) is 0.788. The topological polar surface area (TPSA) is 18.5 Å². The van der Waals surface area contributed by atoms with Crippen LogP contribution < -0.4 is 9.47 Å². The predicted octanol–water partition coefficient (Wildman–Crippen LogP) is 3.52. The van der Waals surface area contributed by atoms with Crippen molar-refractivity contribution >= 4 is 44.0 Å². The molecule has 0 aliphatic carbocycles. The first-order chi connectivity index (χ1) is 6.77. The molecule has 2 nitrogen and oxygen atoms in total. The molecule has 1 aromatic heterocycles. The molecule has 1 heterocycles. The standard InChI is InChI=1S/C10H9IO2S/c1-12-9-6-3-4-14-8(6)5-7(11)10(9)13-2/h3-5H,1-2H3. The highest BCUT2D eigenvalue weighted by Gasteiger charge is 2.13. The van der Waals surface area contributed by atoms with Gasteiger partial charge in [-0.2, -0.15) is 0 Å². The summed E-state index contributed by atoms with van der Waals surface area (Å²) >= 11 is 3.97. The smallest absolute Gasteiger partial charge is 0.174 e. The minimum Gasteiger partial charge on any atom is -0.492 e. The van der Waals surface area contributed by atoms with Crippen LogP contribution in [0.1, 0.15) is 0 Å². The van der Waals surface area contributed by atoms with E-state index in [1.54, 1.807) is 25.6 Å². The molecule has 2 aromatic rings. The van der Waals surface area contributed by atoms with E-state index in [-0.39, 0.29) is 0 Å². The highest BCUT2D eigenvalue weighted by Crippen LogP contribution is 2.41. The minimum absolute atomic E-state index is 0.819. The zero-order valence-corrected chi connectivity index (χ0v) is 10.8. The molecule has 2 rings (SSSR count). The third-order valence-corrected chi connectivity index (χ3v) is 3.69. The summed E-state index contributed by atoms with van der Waals surface area (Å²) in [6.45, 7) is 0. The molecule has 4 heteroatoms. The number of hydrogen-bond donors (Lipinski definition) is 0. The van der Waals surface area contributed by atoms with E-state index in [4.69, 9.17) is 9.47 Å². The van der Waals surface area contributed by atoms with E-state index in [9.17, 15) is 0 Å². The van der Waals surface area contributed by atoms with Gasteiger partial charge in [-0.25, -0.2) is 0 Å². The molecule has 0 fully saturated rings. The first-order valence-corrected chi connectivity index (χ1v) is 6.01. The molecule has 0 N–H and O–H groups in total. The molecule has 0 radical (unpaired) electrons. The second-order valence-corrected chi connectivity index (χ2v) is 4.87. The van der Waals surface area contributed by atoms with Gasteiger partial charge in [0.25, 0.3) is 0 Å². The maximum absolute atomic E-state index is 5.37. The Labute approximate surface area is 100.0 Å². The molecule has 0 aliphatic rings. The normalized spacial score (nSPS) is 10.5. The molecule has 0 unspecified atom stereocenters. The average molecular weight is 320 g/mol. The third-order valence-electron chi connectivity index (χ3n) is 2.03. The van der Waals surface area contributed by atoms with Crippen LogP contribution in [-0.2, 0) is 0 Å². The van der Waals surface area contributed by atoms with Gasteiger partial charge in [-0.15, -0.1) is 11.3 Å². The number of halogens is 1. The van der Waals surface area contributed by atoms with Gasteiger partial charge in [-0.3, -0.25) is 0 Å². The van der Waals surface area contributed by atoms with Gasteiger partial charge in [-0.1, -0.05) is 0 Å². The highest BCUT2D eigenvalue weighted by molar-refractivity contribution is 14.1. The molecule has 14 heavy (non-hydrogen) atoms. The fourth-order valence-electron chi connectivity index (χ4n) is 1.42. The SMILES string of the molecule is COc1c(I)cc2sccc2c1OC. The number of thiophene rings is 1. The Morgan fingerprint density at radius 1 is 1.21 bits per heavy atom.